The van der Waals surface area contributed by atoms with Crippen LogP contribution in [0.25, 0.3) is 0 Å². The maximum atomic E-state index is 12.5. The summed E-state index contributed by atoms with van der Waals surface area (Å²) in [5.74, 6) is -0.680. The molecular formula is C16H19F3N2O3. The summed E-state index contributed by atoms with van der Waals surface area (Å²) in [6.45, 7) is 0.766. The zero-order valence-corrected chi connectivity index (χ0v) is 13.5. The molecular weight excluding hydrogens is 325 g/mol. The van der Waals surface area contributed by atoms with Crippen molar-refractivity contribution in [1.29, 1.82) is 0 Å². The number of piperidine rings is 1. The fraction of sp³-hybridized carbons (Fsp3) is 0.500. The lowest BCUT2D eigenvalue weighted by atomic mass is 9.95. The molecule has 0 aromatic heterocycles. The number of rotatable bonds is 3. The van der Waals surface area contributed by atoms with Crippen LogP contribution in [0.3, 0.4) is 0 Å². The summed E-state index contributed by atoms with van der Waals surface area (Å²) in [7, 11) is 2.93. The Kier molecular flexibility index (Phi) is 5.48. The first kappa shape index (κ1) is 18.3. The zero-order chi connectivity index (χ0) is 17.9. The lowest BCUT2D eigenvalue weighted by Gasteiger charge is -2.32. The number of nitrogens with zero attached hydrogens (tertiary/aromatic N) is 2. The molecule has 1 saturated heterocycles. The van der Waals surface area contributed by atoms with E-state index in [0.717, 1.165) is 17.2 Å². The molecule has 8 heteroatoms. The van der Waals surface area contributed by atoms with Crippen LogP contribution in [0.1, 0.15) is 28.8 Å². The van der Waals surface area contributed by atoms with Crippen LogP contribution < -0.4 is 0 Å². The Balaban J connectivity index is 1.97. The molecule has 2 rings (SSSR count). The van der Waals surface area contributed by atoms with Gasteiger partial charge < -0.3 is 4.90 Å². The van der Waals surface area contributed by atoms with Crippen molar-refractivity contribution in [3.05, 3.63) is 35.4 Å². The van der Waals surface area contributed by atoms with Gasteiger partial charge in [0, 0.05) is 31.6 Å². The summed E-state index contributed by atoms with van der Waals surface area (Å²) in [5, 5.41) is 1.16. The Labute approximate surface area is 137 Å². The summed E-state index contributed by atoms with van der Waals surface area (Å²) in [6, 6.07) is 4.16. The number of carbonyl (C=O) groups excluding carboxylic acids is 2. The molecule has 1 fully saturated rings. The van der Waals surface area contributed by atoms with Crippen LogP contribution in [0.2, 0.25) is 0 Å². The number of halogens is 3. The second-order valence-corrected chi connectivity index (χ2v) is 5.66. The van der Waals surface area contributed by atoms with Gasteiger partial charge in [-0.2, -0.15) is 13.2 Å². The molecule has 1 aromatic carbocycles. The fourth-order valence-electron chi connectivity index (χ4n) is 2.66. The van der Waals surface area contributed by atoms with E-state index in [1.54, 1.807) is 4.90 Å². The van der Waals surface area contributed by atoms with Gasteiger partial charge in [0.2, 0.25) is 5.91 Å². The van der Waals surface area contributed by atoms with Gasteiger partial charge in [-0.3, -0.25) is 14.4 Å². The van der Waals surface area contributed by atoms with E-state index in [-0.39, 0.29) is 23.3 Å². The number of hydrogen-bond donors (Lipinski definition) is 0. The average Bonchev–Trinajstić information content (AvgIpc) is 2.59. The molecule has 0 radical (unpaired) electrons. The number of carbonyl (C=O) groups is 2. The first-order chi connectivity index (χ1) is 11.2. The monoisotopic (exact) mass is 344 g/mol. The molecule has 1 aliphatic rings. The SMILES string of the molecule is CON(C)C(=O)C1CCN(C(=O)c2ccc(C(F)(F)F)cc2)CC1. The summed E-state index contributed by atoms with van der Waals surface area (Å²) in [4.78, 5) is 30.8. The Morgan fingerprint density at radius 3 is 2.17 bits per heavy atom. The molecule has 2 amide bonds. The Bertz CT molecular complexity index is 594. The van der Waals surface area contributed by atoms with E-state index in [2.05, 4.69) is 0 Å². The van der Waals surface area contributed by atoms with Crippen molar-refractivity contribution in [2.75, 3.05) is 27.2 Å². The van der Waals surface area contributed by atoms with Gasteiger partial charge in [0.1, 0.15) is 0 Å². The number of likely N-dealkylation sites (tertiary alicyclic amines) is 1. The van der Waals surface area contributed by atoms with Crippen LogP contribution in [0.15, 0.2) is 24.3 Å². The topological polar surface area (TPSA) is 49.9 Å². The predicted octanol–water partition coefficient (Wildman–Crippen LogP) is 2.58. The van der Waals surface area contributed by atoms with Gasteiger partial charge in [0.25, 0.3) is 5.91 Å². The van der Waals surface area contributed by atoms with Gasteiger partial charge in [-0.25, -0.2) is 5.06 Å². The lowest BCUT2D eigenvalue weighted by Crippen LogP contribution is -2.43. The van der Waals surface area contributed by atoms with Crippen LogP contribution in [-0.4, -0.2) is 49.0 Å². The van der Waals surface area contributed by atoms with E-state index >= 15 is 0 Å². The number of hydroxylamine groups is 2. The molecule has 24 heavy (non-hydrogen) atoms. The fourth-order valence-corrected chi connectivity index (χ4v) is 2.66. The van der Waals surface area contributed by atoms with E-state index in [1.807, 2.05) is 0 Å². The van der Waals surface area contributed by atoms with Crippen molar-refractivity contribution in [2.24, 2.45) is 5.92 Å². The largest absolute Gasteiger partial charge is 0.416 e. The lowest BCUT2D eigenvalue weighted by molar-refractivity contribution is -0.174. The zero-order valence-electron chi connectivity index (χ0n) is 13.5. The van der Waals surface area contributed by atoms with Gasteiger partial charge in [-0.15, -0.1) is 0 Å². The Morgan fingerprint density at radius 1 is 1.17 bits per heavy atom. The van der Waals surface area contributed by atoms with Gasteiger partial charge in [-0.1, -0.05) is 0 Å². The molecule has 1 aliphatic heterocycles. The minimum atomic E-state index is -4.42. The van der Waals surface area contributed by atoms with Crippen LogP contribution in [0.4, 0.5) is 13.2 Å². The van der Waals surface area contributed by atoms with E-state index in [1.165, 1.54) is 26.3 Å². The van der Waals surface area contributed by atoms with Crippen LogP contribution in [0.5, 0.6) is 0 Å². The summed E-state index contributed by atoms with van der Waals surface area (Å²) in [5.41, 5.74) is -0.576. The molecule has 5 nitrogen and oxygen atoms in total. The molecule has 0 spiro atoms. The van der Waals surface area contributed by atoms with E-state index in [9.17, 15) is 22.8 Å². The van der Waals surface area contributed by atoms with Gasteiger partial charge in [0.05, 0.1) is 12.7 Å². The molecule has 1 aromatic rings. The summed E-state index contributed by atoms with van der Waals surface area (Å²) >= 11 is 0. The second-order valence-electron chi connectivity index (χ2n) is 5.66. The highest BCUT2D eigenvalue weighted by Gasteiger charge is 2.32. The van der Waals surface area contributed by atoms with Crippen molar-refractivity contribution in [3.63, 3.8) is 0 Å². The average molecular weight is 344 g/mol. The normalized spacial score (nSPS) is 16.1. The molecule has 1 heterocycles. The van der Waals surface area contributed by atoms with Crippen molar-refractivity contribution in [2.45, 2.75) is 19.0 Å². The Morgan fingerprint density at radius 2 is 1.71 bits per heavy atom. The summed E-state index contributed by atoms with van der Waals surface area (Å²) < 4.78 is 37.6. The summed E-state index contributed by atoms with van der Waals surface area (Å²) in [6.07, 6.45) is -3.43. The standard InChI is InChI=1S/C16H19F3N2O3/c1-20(24-2)14(22)12-7-9-21(10-8-12)15(23)11-3-5-13(6-4-11)16(17,18)19/h3-6,12H,7-10H2,1-2H3. The highest BCUT2D eigenvalue weighted by molar-refractivity contribution is 5.94. The predicted molar refractivity (Wildman–Crippen MR) is 79.9 cm³/mol. The van der Waals surface area contributed by atoms with E-state index in [0.29, 0.717) is 25.9 Å². The van der Waals surface area contributed by atoms with Crippen molar-refractivity contribution < 1.29 is 27.6 Å². The molecule has 0 N–H and O–H groups in total. The number of hydrogen-bond acceptors (Lipinski definition) is 3. The van der Waals surface area contributed by atoms with Crippen LogP contribution >= 0.6 is 0 Å². The van der Waals surface area contributed by atoms with Gasteiger partial charge in [-0.05, 0) is 37.1 Å². The minimum absolute atomic E-state index is 0.140. The molecule has 0 aliphatic carbocycles. The van der Waals surface area contributed by atoms with Crippen LogP contribution in [0, 0.1) is 5.92 Å². The highest BCUT2D eigenvalue weighted by atomic mass is 19.4. The first-order valence-corrected chi connectivity index (χ1v) is 7.52. The molecule has 132 valence electrons. The van der Waals surface area contributed by atoms with Gasteiger partial charge in [0.15, 0.2) is 0 Å². The molecule has 0 saturated carbocycles. The highest BCUT2D eigenvalue weighted by Crippen LogP contribution is 2.29. The Hall–Kier alpha value is -2.09. The number of amides is 2. The number of alkyl halides is 3. The van der Waals surface area contributed by atoms with Crippen LogP contribution in [-0.2, 0) is 15.8 Å². The van der Waals surface area contributed by atoms with E-state index < -0.39 is 11.7 Å². The molecule has 0 bridgehead atoms. The minimum Gasteiger partial charge on any atom is -0.339 e. The van der Waals surface area contributed by atoms with Crippen molar-refractivity contribution >= 4 is 11.8 Å². The molecule has 0 atom stereocenters. The quantitative estimate of drug-likeness (QED) is 0.792. The van der Waals surface area contributed by atoms with Crippen molar-refractivity contribution in [3.8, 4) is 0 Å². The third-order valence-corrected chi connectivity index (χ3v) is 4.17. The van der Waals surface area contributed by atoms with Crippen molar-refractivity contribution in [1.82, 2.24) is 9.96 Å². The number of benzene rings is 1. The maximum absolute atomic E-state index is 12.5. The third-order valence-electron chi connectivity index (χ3n) is 4.17. The molecule has 0 unspecified atom stereocenters. The van der Waals surface area contributed by atoms with Gasteiger partial charge >= 0.3 is 6.18 Å². The first-order valence-electron chi connectivity index (χ1n) is 7.52. The smallest absolute Gasteiger partial charge is 0.339 e. The van der Waals surface area contributed by atoms with E-state index in [4.69, 9.17) is 4.84 Å². The maximum Gasteiger partial charge on any atom is 0.416 e. The second kappa shape index (κ2) is 7.21. The third kappa shape index (κ3) is 4.05.